The number of hydrogen-bond acceptors (Lipinski definition) is 9. The van der Waals surface area contributed by atoms with E-state index >= 15 is 0 Å². The number of nitrogens with one attached hydrogen (secondary N) is 1. The molecular weight excluding hydrogens is 562 g/mol. The number of ether oxygens (including phenoxy) is 1. The number of para-hydroxylation sites is 1. The lowest BCUT2D eigenvalue weighted by atomic mass is 9.69. The Hall–Kier alpha value is -4.22. The lowest BCUT2D eigenvalue weighted by Gasteiger charge is -2.37. The summed E-state index contributed by atoms with van der Waals surface area (Å²) in [5.41, 5.74) is 22.3. The Morgan fingerprint density at radius 1 is 1.16 bits per heavy atom. The molecule has 1 aliphatic heterocycles. The number of anilines is 1. The van der Waals surface area contributed by atoms with E-state index in [9.17, 15) is 9.59 Å². The van der Waals surface area contributed by atoms with Crippen molar-refractivity contribution in [3.8, 4) is 11.5 Å². The minimum atomic E-state index is -1.55. The number of thiophene rings is 1. The predicted molar refractivity (Wildman–Crippen MR) is 169 cm³/mol. The number of furan rings is 1. The summed E-state index contributed by atoms with van der Waals surface area (Å²) in [6.45, 7) is 3.66. The van der Waals surface area contributed by atoms with E-state index in [4.69, 9.17) is 26.4 Å². The highest BCUT2D eigenvalue weighted by Gasteiger charge is 2.49. The second-order valence-corrected chi connectivity index (χ2v) is 12.7. The molecule has 0 saturated carbocycles. The zero-order chi connectivity index (χ0) is 30.0. The number of hydrogen-bond donors (Lipinski definition) is 4. The van der Waals surface area contributed by atoms with Gasteiger partial charge in [-0.3, -0.25) is 9.59 Å². The number of carbonyl (C=O) groups is 2. The summed E-state index contributed by atoms with van der Waals surface area (Å²) in [7, 11) is 2.05. The molecule has 3 atom stereocenters. The van der Waals surface area contributed by atoms with Gasteiger partial charge < -0.3 is 36.6 Å². The Kier molecular flexibility index (Phi) is 6.55. The van der Waals surface area contributed by atoms with Crippen LogP contribution in [0.1, 0.15) is 50.8 Å². The number of carbonyl (C=O) groups excluding carboxylic acids is 2. The van der Waals surface area contributed by atoms with Crippen molar-refractivity contribution in [2.45, 2.75) is 37.4 Å². The molecule has 3 aromatic carbocycles. The lowest BCUT2D eigenvalue weighted by molar-refractivity contribution is -0.124. The number of likely N-dealkylation sites (tertiary alicyclic amines) is 1. The molecule has 5 aromatic rings. The second-order valence-electron chi connectivity index (χ2n) is 11.7. The van der Waals surface area contributed by atoms with Crippen LogP contribution in [0.4, 0.5) is 5.69 Å². The third-order valence-electron chi connectivity index (χ3n) is 8.77. The molecule has 43 heavy (non-hydrogen) atoms. The van der Waals surface area contributed by atoms with Gasteiger partial charge in [0.1, 0.15) is 11.3 Å². The van der Waals surface area contributed by atoms with Crippen molar-refractivity contribution in [2.24, 2.45) is 11.5 Å². The minimum Gasteiger partial charge on any atom is -0.460 e. The number of benzene rings is 3. The molecule has 0 radical (unpaired) electrons. The summed E-state index contributed by atoms with van der Waals surface area (Å²) in [6.07, 6.45) is 3.53. The molecule has 7 N–H and O–H groups in total. The van der Waals surface area contributed by atoms with Crippen LogP contribution in [0, 0.1) is 6.92 Å². The van der Waals surface area contributed by atoms with Gasteiger partial charge in [-0.2, -0.15) is 0 Å². The van der Waals surface area contributed by atoms with Crippen molar-refractivity contribution in [1.29, 1.82) is 0 Å². The number of likely N-dealkylation sites (N-methyl/N-ethyl adjacent to an activating group) is 1. The molecule has 9 nitrogen and oxygen atoms in total. The highest BCUT2D eigenvalue weighted by molar-refractivity contribution is 7.21. The summed E-state index contributed by atoms with van der Waals surface area (Å²) in [4.78, 5) is 30.5. The Bertz CT molecular complexity index is 1930. The largest absolute Gasteiger partial charge is 0.460 e. The van der Waals surface area contributed by atoms with Gasteiger partial charge in [0.2, 0.25) is 0 Å². The van der Waals surface area contributed by atoms with E-state index in [2.05, 4.69) is 10.2 Å². The fourth-order valence-corrected chi connectivity index (χ4v) is 7.88. The number of nitrogens with zero attached hydrogens (tertiary/aromatic N) is 1. The van der Waals surface area contributed by atoms with Crippen molar-refractivity contribution in [2.75, 3.05) is 25.9 Å². The molecular formula is C33H33N5O4S. The van der Waals surface area contributed by atoms with Crippen LogP contribution in [0.15, 0.2) is 65.3 Å². The van der Waals surface area contributed by atoms with Crippen LogP contribution < -0.4 is 27.3 Å². The summed E-state index contributed by atoms with van der Waals surface area (Å²) in [6, 6.07) is 15.5. The molecule has 0 bridgehead atoms. The number of rotatable bonds is 5. The zero-order valence-electron chi connectivity index (χ0n) is 24.0. The van der Waals surface area contributed by atoms with Gasteiger partial charge in [0.15, 0.2) is 17.1 Å². The van der Waals surface area contributed by atoms with E-state index in [1.807, 2.05) is 50.4 Å². The standard InChI is InChI=1S/C33H33N5O4S/c1-17-15-20(42-24-7-3-5-18-12-14-41-28(18)24)8-9-21(17)33(36)22-10-11-23(34)29-25(22)26(27(35)31(33)39)30(43-29)32(40)37-19-6-4-13-38(2)16-19/h3,5,7-12,14-15,19,27H,4,6,13,16,34-36H2,1-2H3,(H,37,40). The van der Waals surface area contributed by atoms with E-state index in [-0.39, 0.29) is 17.7 Å². The van der Waals surface area contributed by atoms with Gasteiger partial charge in [0.25, 0.3) is 5.91 Å². The monoisotopic (exact) mass is 595 g/mol. The van der Waals surface area contributed by atoms with Crippen LogP contribution in [0.5, 0.6) is 11.5 Å². The first-order chi connectivity index (χ1) is 20.7. The number of ketones is 1. The fraction of sp³-hybridized carbons (Fsp3) is 0.273. The molecule has 2 aromatic heterocycles. The van der Waals surface area contributed by atoms with E-state index < -0.39 is 11.6 Å². The molecule has 0 spiro atoms. The summed E-state index contributed by atoms with van der Waals surface area (Å²) in [5.74, 6) is 0.543. The smallest absolute Gasteiger partial charge is 0.262 e. The highest BCUT2D eigenvalue weighted by atomic mass is 32.1. The summed E-state index contributed by atoms with van der Waals surface area (Å²) in [5, 5.41) is 4.79. The molecule has 1 aliphatic carbocycles. The van der Waals surface area contributed by atoms with E-state index in [1.165, 1.54) is 11.3 Å². The fourth-order valence-electron chi connectivity index (χ4n) is 6.68. The summed E-state index contributed by atoms with van der Waals surface area (Å²) >= 11 is 1.27. The Morgan fingerprint density at radius 3 is 2.77 bits per heavy atom. The predicted octanol–water partition coefficient (Wildman–Crippen LogP) is 4.94. The number of aryl methyl sites for hydroxylation is 1. The van der Waals surface area contributed by atoms with Gasteiger partial charge in [-0.25, -0.2) is 0 Å². The first-order valence-corrected chi connectivity index (χ1v) is 15.2. The normalized spacial score (nSPS) is 22.3. The van der Waals surface area contributed by atoms with Crippen molar-refractivity contribution in [3.63, 3.8) is 0 Å². The Balaban J connectivity index is 1.29. The molecule has 7 rings (SSSR count). The lowest BCUT2D eigenvalue weighted by Crippen LogP contribution is -2.53. The number of piperidine rings is 1. The van der Waals surface area contributed by atoms with Gasteiger partial charge >= 0.3 is 0 Å². The van der Waals surface area contributed by atoms with Gasteiger partial charge in [-0.1, -0.05) is 24.3 Å². The molecule has 3 unspecified atom stereocenters. The number of fused-ring (bicyclic) bond motifs is 1. The van der Waals surface area contributed by atoms with E-state index in [0.717, 1.165) is 36.9 Å². The van der Waals surface area contributed by atoms with Crippen LogP contribution in [-0.4, -0.2) is 42.8 Å². The number of nitrogens with two attached hydrogens (primary N) is 3. The van der Waals surface area contributed by atoms with Crippen molar-refractivity contribution >= 4 is 49.8 Å². The number of amides is 1. The maximum Gasteiger partial charge on any atom is 0.262 e. The van der Waals surface area contributed by atoms with Crippen molar-refractivity contribution in [1.82, 2.24) is 10.2 Å². The molecule has 1 saturated heterocycles. The zero-order valence-corrected chi connectivity index (χ0v) is 24.8. The third-order valence-corrected chi connectivity index (χ3v) is 10.0. The van der Waals surface area contributed by atoms with Crippen LogP contribution in [0.3, 0.4) is 0 Å². The Morgan fingerprint density at radius 2 is 1.98 bits per heavy atom. The number of nitrogen functional groups attached to an aromatic ring is 1. The first kappa shape index (κ1) is 27.6. The topological polar surface area (TPSA) is 150 Å². The third kappa shape index (κ3) is 4.32. The van der Waals surface area contributed by atoms with Gasteiger partial charge in [0, 0.05) is 34.6 Å². The average Bonchev–Trinajstić information content (AvgIpc) is 3.63. The van der Waals surface area contributed by atoms with Gasteiger partial charge in [-0.05, 0) is 80.4 Å². The van der Waals surface area contributed by atoms with Crippen molar-refractivity contribution in [3.05, 3.63) is 88.0 Å². The maximum absolute atomic E-state index is 14.2. The molecule has 1 fully saturated rings. The molecule has 10 heteroatoms. The SMILES string of the molecule is Cc1cc(Oc2cccc3ccoc23)ccc1C1(N)C(=O)C(N)c2c(C(=O)NC3CCCN(C)C3)sc3c(N)ccc1c23. The van der Waals surface area contributed by atoms with Crippen LogP contribution in [-0.2, 0) is 10.3 Å². The van der Waals surface area contributed by atoms with Crippen LogP contribution in [0.25, 0.3) is 21.1 Å². The quantitative estimate of drug-likeness (QED) is 0.209. The van der Waals surface area contributed by atoms with Gasteiger partial charge in [0.05, 0.1) is 21.9 Å². The molecule has 2 aliphatic rings. The average molecular weight is 596 g/mol. The second kappa shape index (κ2) is 10.2. The molecule has 3 heterocycles. The van der Waals surface area contributed by atoms with Crippen molar-refractivity contribution < 1.29 is 18.7 Å². The van der Waals surface area contributed by atoms with E-state index in [1.54, 1.807) is 24.5 Å². The Labute approximate surface area is 252 Å². The number of Topliss-reactive ketones (excluding diaryl/α,β-unsaturated/α-hetero) is 1. The van der Waals surface area contributed by atoms with Gasteiger partial charge in [-0.15, -0.1) is 11.3 Å². The summed E-state index contributed by atoms with van der Waals surface area (Å²) < 4.78 is 12.5. The minimum absolute atomic E-state index is 0.0211. The molecule has 1 amide bonds. The van der Waals surface area contributed by atoms with Crippen LogP contribution in [0.2, 0.25) is 0 Å². The highest BCUT2D eigenvalue weighted by Crippen LogP contribution is 2.50. The molecule has 220 valence electrons. The van der Waals surface area contributed by atoms with Crippen LogP contribution >= 0.6 is 11.3 Å². The van der Waals surface area contributed by atoms with E-state index in [0.29, 0.717) is 54.4 Å². The maximum atomic E-state index is 14.2. The first-order valence-electron chi connectivity index (χ1n) is 14.4.